The van der Waals surface area contributed by atoms with E-state index in [1.165, 1.54) is 12.1 Å². The Labute approximate surface area is 148 Å². The fourth-order valence-electron chi connectivity index (χ4n) is 1.80. The summed E-state index contributed by atoms with van der Waals surface area (Å²) >= 11 is 0. The number of aliphatic imine (C=N–C) groups is 1. The molecule has 0 heterocycles. The average Bonchev–Trinajstić information content (AvgIpc) is 2.55. The molecule has 0 bridgehead atoms. The Morgan fingerprint density at radius 2 is 1.92 bits per heavy atom. The maximum absolute atomic E-state index is 11.1. The van der Waals surface area contributed by atoms with Crippen molar-refractivity contribution in [3.63, 3.8) is 0 Å². The zero-order valence-corrected chi connectivity index (χ0v) is 15.5. The topological polar surface area (TPSA) is 126 Å². The molecule has 0 aromatic heterocycles. The van der Waals surface area contributed by atoms with Gasteiger partial charge in [0.15, 0.2) is 5.96 Å². The first-order valence-corrected chi connectivity index (χ1v) is 9.83. The molecule has 25 heavy (non-hydrogen) atoms. The summed E-state index contributed by atoms with van der Waals surface area (Å²) in [5, 5.41) is 16.9. The van der Waals surface area contributed by atoms with E-state index in [9.17, 15) is 18.5 Å². The van der Waals surface area contributed by atoms with Crippen molar-refractivity contribution < 1.29 is 13.3 Å². The van der Waals surface area contributed by atoms with Crippen molar-refractivity contribution in [2.75, 3.05) is 19.3 Å². The van der Waals surface area contributed by atoms with Gasteiger partial charge in [-0.2, -0.15) is 0 Å². The first kappa shape index (κ1) is 20.8. The molecular weight excluding hydrogens is 346 g/mol. The van der Waals surface area contributed by atoms with E-state index in [0.717, 1.165) is 18.2 Å². The summed E-state index contributed by atoms with van der Waals surface area (Å²) in [5.74, 6) is 0.558. The Bertz CT molecular complexity index is 688. The number of benzene rings is 1. The van der Waals surface area contributed by atoms with Crippen molar-refractivity contribution in [1.29, 1.82) is 0 Å². The number of guanidine groups is 1. The van der Waals surface area contributed by atoms with Crippen LogP contribution < -0.4 is 15.4 Å². The summed E-state index contributed by atoms with van der Waals surface area (Å²) in [7, 11) is -3.22. The Kier molecular flexibility index (Phi) is 8.29. The molecule has 1 atom stereocenters. The molecule has 0 aliphatic heterocycles. The maximum Gasteiger partial charge on any atom is 0.269 e. The molecule has 1 rings (SSSR count). The number of nitro groups is 1. The van der Waals surface area contributed by atoms with Crippen molar-refractivity contribution in [2.24, 2.45) is 4.99 Å². The number of nitrogens with zero attached hydrogens (tertiary/aromatic N) is 2. The molecule has 3 N–H and O–H groups in total. The zero-order valence-electron chi connectivity index (χ0n) is 14.7. The largest absolute Gasteiger partial charge is 0.355 e. The highest BCUT2D eigenvalue weighted by Crippen LogP contribution is 2.12. The summed E-state index contributed by atoms with van der Waals surface area (Å²) in [6, 6.07) is 6.40. The van der Waals surface area contributed by atoms with Gasteiger partial charge >= 0.3 is 0 Å². The smallest absolute Gasteiger partial charge is 0.269 e. The summed E-state index contributed by atoms with van der Waals surface area (Å²) in [6.07, 6.45) is 2.01. The van der Waals surface area contributed by atoms with Crippen molar-refractivity contribution >= 4 is 21.7 Å². The lowest BCUT2D eigenvalue weighted by atomic mass is 10.2. The van der Waals surface area contributed by atoms with E-state index in [-0.39, 0.29) is 18.3 Å². The third-order valence-electron chi connectivity index (χ3n) is 3.34. The SMILES string of the molecule is CCC(C)NC(=NCc1ccc([N+](=O)[O-])cc1)NCCNS(C)(=O)=O. The van der Waals surface area contributed by atoms with Gasteiger partial charge in [0.1, 0.15) is 0 Å². The van der Waals surface area contributed by atoms with E-state index in [4.69, 9.17) is 0 Å². The zero-order chi connectivity index (χ0) is 18.9. The third-order valence-corrected chi connectivity index (χ3v) is 4.07. The fourth-order valence-corrected chi connectivity index (χ4v) is 2.27. The Hall–Kier alpha value is -2.20. The van der Waals surface area contributed by atoms with Gasteiger partial charge in [-0.05, 0) is 18.9 Å². The number of sulfonamides is 1. The quantitative estimate of drug-likeness (QED) is 0.195. The second-order valence-corrected chi connectivity index (χ2v) is 7.47. The van der Waals surface area contributed by atoms with Gasteiger partial charge < -0.3 is 10.6 Å². The number of rotatable bonds is 9. The molecule has 0 aliphatic rings. The summed E-state index contributed by atoms with van der Waals surface area (Å²) in [4.78, 5) is 14.7. The van der Waals surface area contributed by atoms with Crippen LogP contribution in [0.25, 0.3) is 0 Å². The summed E-state index contributed by atoms with van der Waals surface area (Å²) < 4.78 is 24.5. The molecule has 9 nitrogen and oxygen atoms in total. The monoisotopic (exact) mass is 371 g/mol. The van der Waals surface area contributed by atoms with E-state index in [1.807, 2.05) is 13.8 Å². The molecule has 10 heteroatoms. The number of hydrogen-bond donors (Lipinski definition) is 3. The third kappa shape index (κ3) is 9.01. The average molecular weight is 371 g/mol. The summed E-state index contributed by atoms with van der Waals surface area (Å²) in [5.41, 5.74) is 0.876. The van der Waals surface area contributed by atoms with Crippen LogP contribution in [0.4, 0.5) is 5.69 Å². The van der Waals surface area contributed by atoms with Crippen LogP contribution >= 0.6 is 0 Å². The van der Waals surface area contributed by atoms with Gasteiger partial charge in [-0.15, -0.1) is 0 Å². The molecular formula is C15H25N5O4S. The van der Waals surface area contributed by atoms with Gasteiger partial charge in [0.05, 0.1) is 17.7 Å². The van der Waals surface area contributed by atoms with Gasteiger partial charge in [0.2, 0.25) is 10.0 Å². The van der Waals surface area contributed by atoms with Gasteiger partial charge in [-0.25, -0.2) is 18.1 Å². The molecule has 0 spiro atoms. The second kappa shape index (κ2) is 9.94. The molecule has 0 saturated heterocycles. The van der Waals surface area contributed by atoms with Crippen LogP contribution in [0.15, 0.2) is 29.3 Å². The highest BCUT2D eigenvalue weighted by Gasteiger charge is 2.06. The van der Waals surface area contributed by atoms with Gasteiger partial charge in [-0.1, -0.05) is 19.1 Å². The van der Waals surface area contributed by atoms with Crippen LogP contribution in [-0.2, 0) is 16.6 Å². The molecule has 0 amide bonds. The minimum absolute atomic E-state index is 0.0376. The molecule has 0 aliphatic carbocycles. The number of nitro benzene ring substituents is 1. The van der Waals surface area contributed by atoms with Crippen LogP contribution in [0.1, 0.15) is 25.8 Å². The molecule has 0 saturated carbocycles. The lowest BCUT2D eigenvalue weighted by Gasteiger charge is -2.17. The standard InChI is InChI=1S/C15H25N5O4S/c1-4-12(2)19-15(16-9-10-18-25(3,23)24)17-11-13-5-7-14(8-6-13)20(21)22/h5-8,12,18H,4,9-11H2,1-3H3,(H2,16,17,19). The molecule has 0 radical (unpaired) electrons. The first-order chi connectivity index (χ1) is 11.7. The van der Waals surface area contributed by atoms with E-state index in [2.05, 4.69) is 20.3 Å². The van der Waals surface area contributed by atoms with Crippen LogP contribution in [0.3, 0.4) is 0 Å². The molecule has 1 unspecified atom stereocenters. The lowest BCUT2D eigenvalue weighted by Crippen LogP contribution is -2.44. The van der Waals surface area contributed by atoms with E-state index in [0.29, 0.717) is 19.0 Å². The van der Waals surface area contributed by atoms with Crippen molar-refractivity contribution in [1.82, 2.24) is 15.4 Å². The Morgan fingerprint density at radius 1 is 1.28 bits per heavy atom. The van der Waals surface area contributed by atoms with Crippen LogP contribution in [0.2, 0.25) is 0 Å². The van der Waals surface area contributed by atoms with Crippen LogP contribution in [0, 0.1) is 10.1 Å². The minimum atomic E-state index is -3.22. The minimum Gasteiger partial charge on any atom is -0.355 e. The van der Waals surface area contributed by atoms with Crippen LogP contribution in [-0.4, -0.2) is 44.7 Å². The first-order valence-electron chi connectivity index (χ1n) is 7.94. The van der Waals surface area contributed by atoms with E-state index < -0.39 is 14.9 Å². The highest BCUT2D eigenvalue weighted by atomic mass is 32.2. The van der Waals surface area contributed by atoms with Gasteiger partial charge in [0.25, 0.3) is 5.69 Å². The van der Waals surface area contributed by atoms with Crippen molar-refractivity contribution in [2.45, 2.75) is 32.9 Å². The molecule has 0 fully saturated rings. The molecule has 140 valence electrons. The Balaban J connectivity index is 2.66. The molecule has 1 aromatic rings. The fraction of sp³-hybridized carbons (Fsp3) is 0.533. The number of non-ortho nitro benzene ring substituents is 1. The highest BCUT2D eigenvalue weighted by molar-refractivity contribution is 7.88. The van der Waals surface area contributed by atoms with Crippen LogP contribution in [0.5, 0.6) is 0 Å². The van der Waals surface area contributed by atoms with Crippen molar-refractivity contribution in [3.8, 4) is 0 Å². The number of hydrogen-bond acceptors (Lipinski definition) is 5. The predicted octanol–water partition coefficient (Wildman–Crippen LogP) is 0.978. The van der Waals surface area contributed by atoms with Gasteiger partial charge in [0, 0.05) is 31.3 Å². The van der Waals surface area contributed by atoms with Crippen molar-refractivity contribution in [3.05, 3.63) is 39.9 Å². The maximum atomic E-state index is 11.1. The number of nitrogens with one attached hydrogen (secondary N) is 3. The summed E-state index contributed by atoms with van der Waals surface area (Å²) in [6.45, 7) is 5.03. The van der Waals surface area contributed by atoms with E-state index >= 15 is 0 Å². The second-order valence-electron chi connectivity index (χ2n) is 5.64. The van der Waals surface area contributed by atoms with E-state index in [1.54, 1.807) is 12.1 Å². The predicted molar refractivity (Wildman–Crippen MR) is 98.0 cm³/mol. The normalized spacial score (nSPS) is 13.3. The molecule has 1 aromatic carbocycles. The van der Waals surface area contributed by atoms with Gasteiger partial charge in [-0.3, -0.25) is 10.1 Å². The lowest BCUT2D eigenvalue weighted by molar-refractivity contribution is -0.384. The Morgan fingerprint density at radius 3 is 2.44 bits per heavy atom.